The van der Waals surface area contributed by atoms with E-state index in [0.717, 1.165) is 19.3 Å². The SMILES string of the molecule is C[C@@H](O)[C@H]1C(=O)N2C(C(=O)[O-])=C(CC3CCCCO3)S[C@H]12.[Na+]. The molecular formula is C14H18NNaO5S. The maximum absolute atomic E-state index is 12.0. The van der Waals surface area contributed by atoms with Crippen molar-refractivity contribution in [1.82, 2.24) is 4.90 Å². The van der Waals surface area contributed by atoms with Crippen LogP contribution in [0, 0.1) is 5.92 Å². The molecule has 22 heavy (non-hydrogen) atoms. The first-order valence-corrected chi connectivity index (χ1v) is 8.12. The number of carbonyl (C=O) groups excluding carboxylic acids is 2. The number of carboxylic acids is 1. The van der Waals surface area contributed by atoms with Gasteiger partial charge in [0.15, 0.2) is 0 Å². The second kappa shape index (κ2) is 7.23. The standard InChI is InChI=1S/C14H19NO5S.Na/c1-7(16)10-12(17)15-11(14(18)19)9(21-13(10)15)6-8-4-2-3-5-20-8;/h7-8,10,13,16H,2-6H2,1H3,(H,18,19);/q;+1/p-1/t7-,8?,10+,13-;/m1./s1. The van der Waals surface area contributed by atoms with Crippen LogP contribution in [-0.2, 0) is 14.3 Å². The maximum Gasteiger partial charge on any atom is 1.00 e. The maximum atomic E-state index is 12.0. The van der Waals surface area contributed by atoms with E-state index in [1.165, 1.54) is 16.7 Å². The first-order chi connectivity index (χ1) is 10.0. The number of thioether (sulfide) groups is 1. The van der Waals surface area contributed by atoms with Crippen LogP contribution in [0.4, 0.5) is 0 Å². The summed E-state index contributed by atoms with van der Waals surface area (Å²) < 4.78 is 5.65. The molecule has 116 valence electrons. The summed E-state index contributed by atoms with van der Waals surface area (Å²) in [5, 5.41) is 20.7. The number of aliphatic carboxylic acids is 1. The van der Waals surface area contributed by atoms with Gasteiger partial charge in [-0.25, -0.2) is 0 Å². The molecule has 3 aliphatic rings. The summed E-state index contributed by atoms with van der Waals surface area (Å²) >= 11 is 1.35. The van der Waals surface area contributed by atoms with E-state index < -0.39 is 18.0 Å². The van der Waals surface area contributed by atoms with E-state index in [1.54, 1.807) is 6.92 Å². The van der Waals surface area contributed by atoms with Gasteiger partial charge in [-0.1, -0.05) is 0 Å². The predicted molar refractivity (Wildman–Crippen MR) is 73.6 cm³/mol. The van der Waals surface area contributed by atoms with Gasteiger partial charge in [0.1, 0.15) is 5.37 Å². The summed E-state index contributed by atoms with van der Waals surface area (Å²) in [5.41, 5.74) is -0.0268. The Kier molecular flexibility index (Phi) is 6.01. The molecule has 1 N–H and O–H groups in total. The number of β-lactam (4-membered cyclic amide) rings is 1. The summed E-state index contributed by atoms with van der Waals surface area (Å²) in [4.78, 5) is 25.3. The molecule has 0 spiro atoms. The number of nitrogens with zero attached hydrogens (tertiary/aromatic N) is 1. The Morgan fingerprint density at radius 2 is 2.27 bits per heavy atom. The first kappa shape index (κ1) is 18.3. The number of carbonyl (C=O) groups is 2. The van der Waals surface area contributed by atoms with Crippen LogP contribution in [0.2, 0.25) is 0 Å². The van der Waals surface area contributed by atoms with E-state index in [4.69, 9.17) is 4.74 Å². The minimum absolute atomic E-state index is 0. The molecule has 3 aliphatic heterocycles. The Balaban J connectivity index is 0.00000176. The van der Waals surface area contributed by atoms with E-state index >= 15 is 0 Å². The van der Waals surface area contributed by atoms with E-state index in [2.05, 4.69) is 0 Å². The molecule has 1 amide bonds. The number of ether oxygens (including phenoxy) is 1. The summed E-state index contributed by atoms with van der Waals surface area (Å²) in [6.45, 7) is 2.26. The number of aliphatic hydroxyl groups excluding tert-OH is 1. The van der Waals surface area contributed by atoms with Gasteiger partial charge in [0, 0.05) is 17.9 Å². The molecule has 3 rings (SSSR count). The Bertz CT molecular complexity index is 503. The smallest absolute Gasteiger partial charge is 0.543 e. The fourth-order valence-corrected chi connectivity index (χ4v) is 4.83. The number of carboxylic acid groups (broad SMARTS) is 1. The van der Waals surface area contributed by atoms with Crippen molar-refractivity contribution in [2.24, 2.45) is 5.92 Å². The van der Waals surface area contributed by atoms with Crippen LogP contribution in [0.25, 0.3) is 0 Å². The second-order valence-electron chi connectivity index (χ2n) is 5.73. The molecule has 0 aliphatic carbocycles. The average Bonchev–Trinajstić information content (AvgIpc) is 2.74. The van der Waals surface area contributed by atoms with Gasteiger partial charge in [0.05, 0.1) is 29.8 Å². The van der Waals surface area contributed by atoms with Gasteiger partial charge < -0.3 is 19.7 Å². The van der Waals surface area contributed by atoms with Crippen molar-refractivity contribution in [3.63, 3.8) is 0 Å². The number of aliphatic hydroxyl groups is 1. The Hall–Kier alpha value is -0.0500. The molecule has 8 heteroatoms. The molecule has 0 aromatic carbocycles. The zero-order valence-corrected chi connectivity index (χ0v) is 15.6. The van der Waals surface area contributed by atoms with Crippen LogP contribution in [-0.4, -0.2) is 46.1 Å². The minimum atomic E-state index is -1.33. The number of hydrogen-bond donors (Lipinski definition) is 1. The molecule has 0 aromatic rings. The fraction of sp³-hybridized carbons (Fsp3) is 0.714. The van der Waals surface area contributed by atoms with Crippen LogP contribution in [0.5, 0.6) is 0 Å². The van der Waals surface area contributed by atoms with E-state index in [1.807, 2.05) is 0 Å². The van der Waals surface area contributed by atoms with Crippen LogP contribution < -0.4 is 34.7 Å². The largest absolute Gasteiger partial charge is 1.00 e. The third kappa shape index (κ3) is 3.12. The van der Waals surface area contributed by atoms with Crippen molar-refractivity contribution in [3.05, 3.63) is 10.6 Å². The minimum Gasteiger partial charge on any atom is -0.543 e. The van der Waals surface area contributed by atoms with E-state index in [-0.39, 0.29) is 52.6 Å². The second-order valence-corrected chi connectivity index (χ2v) is 6.95. The molecular weight excluding hydrogens is 317 g/mol. The van der Waals surface area contributed by atoms with E-state index in [9.17, 15) is 19.8 Å². The van der Waals surface area contributed by atoms with E-state index in [0.29, 0.717) is 17.9 Å². The van der Waals surface area contributed by atoms with Crippen LogP contribution in [0.1, 0.15) is 32.6 Å². The van der Waals surface area contributed by atoms with Gasteiger partial charge >= 0.3 is 29.6 Å². The summed E-state index contributed by atoms with van der Waals surface area (Å²) in [7, 11) is 0. The Labute approximate surface area is 155 Å². The molecule has 1 unspecified atom stereocenters. The zero-order chi connectivity index (χ0) is 15.1. The topological polar surface area (TPSA) is 89.9 Å². The molecule has 0 radical (unpaired) electrons. The molecule has 2 saturated heterocycles. The number of hydrogen-bond acceptors (Lipinski definition) is 6. The summed E-state index contributed by atoms with van der Waals surface area (Å²) in [5.74, 6) is -2.19. The van der Waals surface area contributed by atoms with Gasteiger partial charge in [-0.2, -0.15) is 0 Å². The number of amides is 1. The average molecular weight is 335 g/mol. The first-order valence-electron chi connectivity index (χ1n) is 7.24. The molecule has 0 saturated carbocycles. The Morgan fingerprint density at radius 1 is 1.55 bits per heavy atom. The van der Waals surface area contributed by atoms with Crippen LogP contribution in [0.15, 0.2) is 10.6 Å². The summed E-state index contributed by atoms with van der Waals surface area (Å²) in [6, 6.07) is 0. The van der Waals surface area contributed by atoms with Crippen molar-refractivity contribution < 1.29 is 54.1 Å². The van der Waals surface area contributed by atoms with Crippen LogP contribution >= 0.6 is 11.8 Å². The molecule has 0 aromatic heterocycles. The van der Waals surface area contributed by atoms with Gasteiger partial charge in [-0.05, 0) is 26.2 Å². The van der Waals surface area contributed by atoms with Gasteiger partial charge in [0.2, 0.25) is 5.91 Å². The third-order valence-corrected chi connectivity index (χ3v) is 5.64. The molecule has 0 bridgehead atoms. The van der Waals surface area contributed by atoms with Crippen LogP contribution in [0.3, 0.4) is 0 Å². The normalized spacial score (nSPS) is 32.2. The molecule has 3 heterocycles. The van der Waals surface area contributed by atoms with Crippen molar-refractivity contribution in [2.75, 3.05) is 6.61 Å². The third-order valence-electron chi connectivity index (χ3n) is 4.25. The number of fused-ring (bicyclic) bond motifs is 1. The van der Waals surface area contributed by atoms with Crippen molar-refractivity contribution >= 4 is 23.6 Å². The predicted octanol–water partition coefficient (Wildman–Crippen LogP) is -3.18. The quantitative estimate of drug-likeness (QED) is 0.430. The van der Waals surface area contributed by atoms with Crippen molar-refractivity contribution in [3.8, 4) is 0 Å². The van der Waals surface area contributed by atoms with Gasteiger partial charge in [-0.3, -0.25) is 9.69 Å². The van der Waals surface area contributed by atoms with Crippen molar-refractivity contribution in [1.29, 1.82) is 0 Å². The van der Waals surface area contributed by atoms with Gasteiger partial charge in [0.25, 0.3) is 0 Å². The monoisotopic (exact) mass is 335 g/mol. The zero-order valence-electron chi connectivity index (χ0n) is 12.8. The van der Waals surface area contributed by atoms with Gasteiger partial charge in [-0.15, -0.1) is 11.8 Å². The van der Waals surface area contributed by atoms with Crippen molar-refractivity contribution in [2.45, 2.75) is 50.2 Å². The molecule has 2 fully saturated rings. The summed E-state index contributed by atoms with van der Waals surface area (Å²) in [6.07, 6.45) is 2.75. The number of rotatable bonds is 4. The Morgan fingerprint density at radius 3 is 2.82 bits per heavy atom. The molecule has 6 nitrogen and oxygen atoms in total. The molecule has 4 atom stereocenters. The fourth-order valence-electron chi connectivity index (χ4n) is 3.16.